The standard InChI is InChI=1S/C9H19NOS/c1-9(2,7-11)10-5-8-3-4-12-6-8/h8,10-11H,3-7H2,1-2H3. The quantitative estimate of drug-likeness (QED) is 0.694. The van der Waals surface area contributed by atoms with Gasteiger partial charge in [0.1, 0.15) is 0 Å². The van der Waals surface area contributed by atoms with Crippen LogP contribution in [0.1, 0.15) is 20.3 Å². The minimum atomic E-state index is -0.104. The van der Waals surface area contributed by atoms with Crippen molar-refractivity contribution < 1.29 is 5.11 Å². The first-order valence-electron chi connectivity index (χ1n) is 4.58. The highest BCUT2D eigenvalue weighted by atomic mass is 32.2. The fourth-order valence-corrected chi connectivity index (χ4v) is 2.51. The highest BCUT2D eigenvalue weighted by molar-refractivity contribution is 7.99. The molecule has 1 unspecified atom stereocenters. The third-order valence-electron chi connectivity index (χ3n) is 2.29. The third kappa shape index (κ3) is 3.33. The lowest BCUT2D eigenvalue weighted by Crippen LogP contribution is -2.44. The van der Waals surface area contributed by atoms with Crippen molar-refractivity contribution in [2.75, 3.05) is 24.7 Å². The van der Waals surface area contributed by atoms with Crippen molar-refractivity contribution >= 4 is 11.8 Å². The summed E-state index contributed by atoms with van der Waals surface area (Å²) in [6, 6.07) is 0. The van der Waals surface area contributed by atoms with E-state index in [0.717, 1.165) is 12.5 Å². The van der Waals surface area contributed by atoms with Crippen molar-refractivity contribution in [2.45, 2.75) is 25.8 Å². The summed E-state index contributed by atoms with van der Waals surface area (Å²) in [7, 11) is 0. The Morgan fingerprint density at radius 3 is 2.83 bits per heavy atom. The molecule has 0 amide bonds. The predicted molar refractivity (Wildman–Crippen MR) is 54.6 cm³/mol. The van der Waals surface area contributed by atoms with Gasteiger partial charge in [-0.1, -0.05) is 0 Å². The van der Waals surface area contributed by atoms with Crippen LogP contribution in [0.5, 0.6) is 0 Å². The molecule has 1 aliphatic rings. The molecule has 0 radical (unpaired) electrons. The molecule has 0 bridgehead atoms. The second-order valence-electron chi connectivity index (χ2n) is 4.15. The number of rotatable bonds is 4. The molecule has 1 aliphatic heterocycles. The van der Waals surface area contributed by atoms with E-state index in [2.05, 4.69) is 5.32 Å². The molecule has 1 fully saturated rings. The zero-order valence-corrected chi connectivity index (χ0v) is 8.78. The molecule has 0 aliphatic carbocycles. The van der Waals surface area contributed by atoms with E-state index in [1.165, 1.54) is 17.9 Å². The highest BCUT2D eigenvalue weighted by Crippen LogP contribution is 2.22. The van der Waals surface area contributed by atoms with Gasteiger partial charge in [-0.3, -0.25) is 0 Å². The summed E-state index contributed by atoms with van der Waals surface area (Å²) >= 11 is 2.04. The van der Waals surface area contributed by atoms with E-state index in [1.807, 2.05) is 25.6 Å². The van der Waals surface area contributed by atoms with Crippen LogP contribution in [0.4, 0.5) is 0 Å². The van der Waals surface area contributed by atoms with Gasteiger partial charge in [-0.05, 0) is 44.2 Å². The Balaban J connectivity index is 2.15. The lowest BCUT2D eigenvalue weighted by molar-refractivity contribution is 0.184. The maximum Gasteiger partial charge on any atom is 0.0607 e. The van der Waals surface area contributed by atoms with Crippen LogP contribution in [0.15, 0.2) is 0 Å². The van der Waals surface area contributed by atoms with Crippen molar-refractivity contribution in [1.82, 2.24) is 5.32 Å². The Morgan fingerprint density at radius 1 is 1.58 bits per heavy atom. The van der Waals surface area contributed by atoms with Gasteiger partial charge < -0.3 is 10.4 Å². The summed E-state index contributed by atoms with van der Waals surface area (Å²) in [4.78, 5) is 0. The van der Waals surface area contributed by atoms with Gasteiger partial charge in [0.25, 0.3) is 0 Å². The molecular formula is C9H19NOS. The Morgan fingerprint density at radius 2 is 2.33 bits per heavy atom. The number of nitrogens with one attached hydrogen (secondary N) is 1. The van der Waals surface area contributed by atoms with Gasteiger partial charge in [-0.15, -0.1) is 0 Å². The van der Waals surface area contributed by atoms with Crippen molar-refractivity contribution in [2.24, 2.45) is 5.92 Å². The minimum Gasteiger partial charge on any atom is -0.394 e. The summed E-state index contributed by atoms with van der Waals surface area (Å²) in [5.74, 6) is 3.42. The molecule has 72 valence electrons. The first-order valence-corrected chi connectivity index (χ1v) is 5.73. The molecule has 0 aromatic heterocycles. The van der Waals surface area contributed by atoms with Gasteiger partial charge in [-0.25, -0.2) is 0 Å². The summed E-state index contributed by atoms with van der Waals surface area (Å²) in [6.45, 7) is 5.34. The molecule has 0 saturated carbocycles. The molecule has 12 heavy (non-hydrogen) atoms. The SMILES string of the molecule is CC(C)(CO)NCC1CCSC1. The van der Waals surface area contributed by atoms with Gasteiger partial charge in [0.15, 0.2) is 0 Å². The van der Waals surface area contributed by atoms with Gasteiger partial charge in [0.05, 0.1) is 6.61 Å². The number of hydrogen-bond acceptors (Lipinski definition) is 3. The third-order valence-corrected chi connectivity index (χ3v) is 3.52. The van der Waals surface area contributed by atoms with Gasteiger partial charge in [-0.2, -0.15) is 11.8 Å². The fourth-order valence-electron chi connectivity index (χ4n) is 1.22. The van der Waals surface area contributed by atoms with Crippen molar-refractivity contribution in [3.05, 3.63) is 0 Å². The Hall–Kier alpha value is 0.270. The summed E-state index contributed by atoms with van der Waals surface area (Å²) < 4.78 is 0. The van der Waals surface area contributed by atoms with Crippen LogP contribution in [-0.4, -0.2) is 35.3 Å². The molecule has 3 heteroatoms. The van der Waals surface area contributed by atoms with Crippen LogP contribution in [0.25, 0.3) is 0 Å². The summed E-state index contributed by atoms with van der Waals surface area (Å²) in [6.07, 6.45) is 1.33. The van der Waals surface area contributed by atoms with E-state index in [9.17, 15) is 0 Å². The zero-order chi connectivity index (χ0) is 9.03. The normalized spacial score (nSPS) is 24.8. The molecule has 0 aromatic rings. The Bertz CT molecular complexity index is 132. The van der Waals surface area contributed by atoms with Crippen molar-refractivity contribution in [1.29, 1.82) is 0 Å². The summed E-state index contributed by atoms with van der Waals surface area (Å²) in [5, 5.41) is 12.4. The second-order valence-corrected chi connectivity index (χ2v) is 5.30. The van der Waals surface area contributed by atoms with Crippen LogP contribution in [0, 0.1) is 5.92 Å². The lowest BCUT2D eigenvalue weighted by atomic mass is 10.0. The highest BCUT2D eigenvalue weighted by Gasteiger charge is 2.20. The van der Waals surface area contributed by atoms with E-state index < -0.39 is 0 Å². The molecule has 0 spiro atoms. The van der Waals surface area contributed by atoms with E-state index >= 15 is 0 Å². The largest absolute Gasteiger partial charge is 0.394 e. The van der Waals surface area contributed by atoms with E-state index in [1.54, 1.807) is 0 Å². The molecule has 0 aromatic carbocycles. The van der Waals surface area contributed by atoms with Crippen LogP contribution in [0.2, 0.25) is 0 Å². The molecule has 1 heterocycles. The van der Waals surface area contributed by atoms with Crippen molar-refractivity contribution in [3.8, 4) is 0 Å². The Kier molecular flexibility index (Phi) is 3.87. The van der Waals surface area contributed by atoms with Gasteiger partial charge in [0.2, 0.25) is 0 Å². The maximum atomic E-state index is 9.00. The molecule has 2 nitrogen and oxygen atoms in total. The molecule has 2 N–H and O–H groups in total. The van der Waals surface area contributed by atoms with Crippen LogP contribution >= 0.6 is 11.8 Å². The predicted octanol–water partition coefficient (Wildman–Crippen LogP) is 1.10. The number of hydrogen-bond donors (Lipinski definition) is 2. The summed E-state index contributed by atoms with van der Waals surface area (Å²) in [5.41, 5.74) is -0.104. The van der Waals surface area contributed by atoms with Crippen LogP contribution < -0.4 is 5.32 Å². The topological polar surface area (TPSA) is 32.3 Å². The number of thioether (sulfide) groups is 1. The number of aliphatic hydroxyl groups excluding tert-OH is 1. The van der Waals surface area contributed by atoms with E-state index in [-0.39, 0.29) is 12.1 Å². The number of aliphatic hydroxyl groups is 1. The van der Waals surface area contributed by atoms with Gasteiger partial charge in [0, 0.05) is 5.54 Å². The first kappa shape index (κ1) is 10.4. The smallest absolute Gasteiger partial charge is 0.0607 e. The average molecular weight is 189 g/mol. The molecule has 1 saturated heterocycles. The fraction of sp³-hybridized carbons (Fsp3) is 1.00. The monoisotopic (exact) mass is 189 g/mol. The second kappa shape index (κ2) is 4.49. The zero-order valence-electron chi connectivity index (χ0n) is 7.97. The van der Waals surface area contributed by atoms with Crippen molar-refractivity contribution in [3.63, 3.8) is 0 Å². The molecule has 1 rings (SSSR count). The maximum absolute atomic E-state index is 9.00. The van der Waals surface area contributed by atoms with E-state index in [0.29, 0.717) is 0 Å². The minimum absolute atomic E-state index is 0.104. The van der Waals surface area contributed by atoms with Gasteiger partial charge >= 0.3 is 0 Å². The molecular weight excluding hydrogens is 170 g/mol. The van der Waals surface area contributed by atoms with E-state index in [4.69, 9.17) is 5.11 Å². The van der Waals surface area contributed by atoms with Crippen LogP contribution in [-0.2, 0) is 0 Å². The lowest BCUT2D eigenvalue weighted by Gasteiger charge is -2.25. The average Bonchev–Trinajstić information content (AvgIpc) is 2.53. The Labute approximate surface area is 79.1 Å². The first-order chi connectivity index (χ1) is 5.64. The molecule has 1 atom stereocenters. The van der Waals surface area contributed by atoms with Crippen LogP contribution in [0.3, 0.4) is 0 Å².